The number of phenols is 1. The minimum atomic E-state index is -1.02. The van der Waals surface area contributed by atoms with E-state index in [1.165, 1.54) is 0 Å². The zero-order valence-corrected chi connectivity index (χ0v) is 18.1. The van der Waals surface area contributed by atoms with E-state index < -0.39 is 5.97 Å². The third-order valence-electron chi connectivity index (χ3n) is 5.57. The Morgan fingerprint density at radius 2 is 1.76 bits per heavy atom. The molecule has 7 nitrogen and oxygen atoms in total. The van der Waals surface area contributed by atoms with E-state index in [1.54, 1.807) is 60.8 Å². The van der Waals surface area contributed by atoms with Gasteiger partial charge in [-0.1, -0.05) is 24.3 Å². The van der Waals surface area contributed by atoms with E-state index in [0.29, 0.717) is 22.2 Å². The molecule has 0 amide bonds. The van der Waals surface area contributed by atoms with E-state index in [0.717, 1.165) is 11.4 Å². The number of aromatic nitrogens is 1. The fourth-order valence-corrected chi connectivity index (χ4v) is 4.42. The highest BCUT2D eigenvalue weighted by Gasteiger charge is 2.42. The van der Waals surface area contributed by atoms with Gasteiger partial charge >= 0.3 is 5.97 Å². The van der Waals surface area contributed by atoms with Crippen LogP contribution in [0.2, 0.25) is 0 Å². The fourth-order valence-electron chi connectivity index (χ4n) is 4.08. The number of thiocarbonyl (C=S) groups is 1. The largest absolute Gasteiger partial charge is 0.508 e. The summed E-state index contributed by atoms with van der Waals surface area (Å²) >= 11 is 5.67. The lowest BCUT2D eigenvalue weighted by molar-refractivity contribution is 0.0697. The number of nitrogens with zero attached hydrogens (tertiary/aromatic N) is 2. The van der Waals surface area contributed by atoms with Gasteiger partial charge in [0.05, 0.1) is 17.3 Å². The first-order chi connectivity index (χ1) is 16.0. The van der Waals surface area contributed by atoms with Crippen molar-refractivity contribution in [1.82, 2.24) is 10.3 Å². The summed E-state index contributed by atoms with van der Waals surface area (Å²) in [6, 6.07) is 22.0. The molecule has 1 aliphatic rings. The van der Waals surface area contributed by atoms with Crippen LogP contribution < -0.4 is 10.2 Å². The van der Waals surface area contributed by atoms with Gasteiger partial charge in [0.15, 0.2) is 5.11 Å². The van der Waals surface area contributed by atoms with Crippen molar-refractivity contribution >= 4 is 29.0 Å². The molecule has 0 radical (unpaired) electrons. The van der Waals surface area contributed by atoms with Crippen molar-refractivity contribution in [1.29, 1.82) is 0 Å². The predicted octanol–water partition coefficient (Wildman–Crippen LogP) is 4.92. The summed E-state index contributed by atoms with van der Waals surface area (Å²) in [6.07, 6.45) is 1.72. The number of hydrogen-bond donors (Lipinski definition) is 3. The van der Waals surface area contributed by atoms with Crippen LogP contribution >= 0.6 is 12.2 Å². The highest BCUT2D eigenvalue weighted by atomic mass is 32.1. The molecular weight excluding hydrogens is 438 g/mol. The number of anilines is 1. The number of phenolic OH excluding ortho intramolecular Hbond substituents is 1. The third-order valence-corrected chi connectivity index (χ3v) is 5.88. The molecule has 2 atom stereocenters. The Bertz CT molecular complexity index is 1320. The maximum absolute atomic E-state index is 11.7. The average Bonchev–Trinajstić information content (AvgIpc) is 3.45. The van der Waals surface area contributed by atoms with Crippen molar-refractivity contribution in [2.45, 2.75) is 12.1 Å². The molecule has 1 saturated heterocycles. The molecule has 0 aliphatic carbocycles. The molecule has 0 spiro atoms. The molecule has 1 aliphatic heterocycles. The summed E-state index contributed by atoms with van der Waals surface area (Å²) in [4.78, 5) is 18.1. The zero-order chi connectivity index (χ0) is 22.9. The summed E-state index contributed by atoms with van der Waals surface area (Å²) in [6.45, 7) is 0. The maximum Gasteiger partial charge on any atom is 0.336 e. The number of aromatic hydroxyl groups is 1. The van der Waals surface area contributed by atoms with Crippen molar-refractivity contribution in [3.63, 3.8) is 0 Å². The highest BCUT2D eigenvalue weighted by molar-refractivity contribution is 7.80. The summed E-state index contributed by atoms with van der Waals surface area (Å²) in [5.41, 5.74) is 2.22. The average molecular weight is 458 g/mol. The Kier molecular flexibility index (Phi) is 5.27. The number of carboxylic acid groups (broad SMARTS) is 1. The molecule has 0 bridgehead atoms. The quantitative estimate of drug-likeness (QED) is 0.363. The first-order valence-corrected chi connectivity index (χ1v) is 10.7. The number of aromatic carboxylic acids is 1. The van der Waals surface area contributed by atoms with Crippen LogP contribution in [0, 0.1) is 0 Å². The lowest BCUT2D eigenvalue weighted by Crippen LogP contribution is -2.29. The second-order valence-corrected chi connectivity index (χ2v) is 7.95. The maximum atomic E-state index is 11.7. The smallest absolute Gasteiger partial charge is 0.336 e. The van der Waals surface area contributed by atoms with Gasteiger partial charge in [0, 0.05) is 17.4 Å². The molecule has 0 saturated carbocycles. The minimum absolute atomic E-state index is 0.153. The summed E-state index contributed by atoms with van der Waals surface area (Å²) < 4.78 is 6.24. The Hall–Kier alpha value is -4.17. The molecule has 8 heteroatoms. The fraction of sp³-hybridized carbons (Fsp3) is 0.0800. The minimum Gasteiger partial charge on any atom is -0.508 e. The van der Waals surface area contributed by atoms with Crippen molar-refractivity contribution in [3.05, 3.63) is 102 Å². The summed E-state index contributed by atoms with van der Waals surface area (Å²) in [5, 5.41) is 23.1. The van der Waals surface area contributed by atoms with Gasteiger partial charge in [-0.05, 0) is 66.8 Å². The third kappa shape index (κ3) is 3.81. The van der Waals surface area contributed by atoms with E-state index in [2.05, 4.69) is 10.3 Å². The second kappa shape index (κ2) is 8.40. The number of benzene rings is 2. The topological polar surface area (TPSA) is 98.8 Å². The van der Waals surface area contributed by atoms with Gasteiger partial charge in [-0.25, -0.2) is 4.79 Å². The van der Waals surface area contributed by atoms with Gasteiger partial charge < -0.3 is 24.8 Å². The van der Waals surface area contributed by atoms with E-state index in [4.69, 9.17) is 16.6 Å². The number of carbonyl (C=O) groups is 1. The molecular formula is C25H19N3O4S. The van der Waals surface area contributed by atoms with Crippen LogP contribution in [0.3, 0.4) is 0 Å². The van der Waals surface area contributed by atoms with Crippen LogP contribution in [0.5, 0.6) is 5.75 Å². The molecule has 2 aromatic heterocycles. The van der Waals surface area contributed by atoms with Gasteiger partial charge in [-0.3, -0.25) is 4.98 Å². The van der Waals surface area contributed by atoms with Crippen molar-refractivity contribution in [2.24, 2.45) is 0 Å². The van der Waals surface area contributed by atoms with Crippen LogP contribution in [0.15, 0.2) is 89.5 Å². The van der Waals surface area contributed by atoms with Gasteiger partial charge in [0.2, 0.25) is 0 Å². The van der Waals surface area contributed by atoms with Crippen molar-refractivity contribution < 1.29 is 19.4 Å². The monoisotopic (exact) mass is 457 g/mol. The van der Waals surface area contributed by atoms with Gasteiger partial charge in [-0.2, -0.15) is 0 Å². The predicted molar refractivity (Wildman–Crippen MR) is 127 cm³/mol. The van der Waals surface area contributed by atoms with Gasteiger partial charge in [0.1, 0.15) is 23.3 Å². The molecule has 4 aromatic rings. The number of rotatable bonds is 5. The van der Waals surface area contributed by atoms with E-state index in [9.17, 15) is 15.0 Å². The van der Waals surface area contributed by atoms with Crippen LogP contribution in [0.1, 0.15) is 33.9 Å². The molecule has 2 aromatic carbocycles. The van der Waals surface area contributed by atoms with Crippen LogP contribution in [-0.2, 0) is 0 Å². The highest BCUT2D eigenvalue weighted by Crippen LogP contribution is 2.43. The Morgan fingerprint density at radius 3 is 2.48 bits per heavy atom. The Labute approximate surface area is 194 Å². The molecule has 1 fully saturated rings. The number of carboxylic acids is 1. The second-order valence-electron chi connectivity index (χ2n) is 7.57. The molecule has 33 heavy (non-hydrogen) atoms. The molecule has 3 heterocycles. The molecule has 0 unspecified atom stereocenters. The standard InChI is InChI=1S/C25H19N3O4S/c29-16-10-8-15(9-11-16)28-23(22(27-25(28)33)19-7-3-4-14-26-19)21-13-12-20(32-21)17-5-1-2-6-18(17)24(30)31/h1-14,22-23,29H,(H,27,33)(H,30,31)/t22-,23+/m1/s1. The summed E-state index contributed by atoms with van der Waals surface area (Å²) in [5.74, 6) is 0.178. The lowest BCUT2D eigenvalue weighted by atomic mass is 10.0. The van der Waals surface area contributed by atoms with Gasteiger partial charge in [0.25, 0.3) is 0 Å². The molecule has 3 N–H and O–H groups in total. The zero-order valence-electron chi connectivity index (χ0n) is 17.3. The number of hydrogen-bond acceptors (Lipinski definition) is 5. The van der Waals surface area contributed by atoms with Gasteiger partial charge in [-0.15, -0.1) is 0 Å². The van der Waals surface area contributed by atoms with E-state index in [1.807, 2.05) is 29.2 Å². The van der Waals surface area contributed by atoms with Crippen LogP contribution in [-0.4, -0.2) is 26.3 Å². The van der Waals surface area contributed by atoms with Crippen LogP contribution in [0.4, 0.5) is 5.69 Å². The Balaban J connectivity index is 1.61. The lowest BCUT2D eigenvalue weighted by Gasteiger charge is -2.26. The molecule has 5 rings (SSSR count). The van der Waals surface area contributed by atoms with Crippen molar-refractivity contribution in [2.75, 3.05) is 4.90 Å². The van der Waals surface area contributed by atoms with E-state index in [-0.39, 0.29) is 23.4 Å². The Morgan fingerprint density at radius 1 is 1.00 bits per heavy atom. The number of nitrogens with one attached hydrogen (secondary N) is 1. The van der Waals surface area contributed by atoms with Crippen LogP contribution in [0.25, 0.3) is 11.3 Å². The normalized spacial score (nSPS) is 17.7. The summed E-state index contributed by atoms with van der Waals surface area (Å²) in [7, 11) is 0. The number of pyridine rings is 1. The molecule has 164 valence electrons. The van der Waals surface area contributed by atoms with E-state index >= 15 is 0 Å². The number of furan rings is 1. The SMILES string of the molecule is O=C(O)c1ccccc1-c1ccc([C@H]2[C@@H](c3ccccn3)NC(=S)N2c2ccc(O)cc2)o1. The van der Waals surface area contributed by atoms with Crippen molar-refractivity contribution in [3.8, 4) is 17.1 Å². The first-order valence-electron chi connectivity index (χ1n) is 10.2. The first kappa shape index (κ1) is 20.7.